The highest BCUT2D eigenvalue weighted by Crippen LogP contribution is 2.63. The molecule has 0 atom stereocenters. The Bertz CT molecular complexity index is 2600. The van der Waals surface area contributed by atoms with Gasteiger partial charge in [0, 0.05) is 39.4 Å². The highest BCUT2D eigenvalue weighted by molar-refractivity contribution is 6.17. The second-order valence-corrected chi connectivity index (χ2v) is 23.4. The predicted molar refractivity (Wildman–Crippen MR) is 249 cm³/mol. The minimum absolute atomic E-state index is 0.0364. The first-order chi connectivity index (χ1) is 30.8. The molecule has 12 fully saturated rings. The molecular formula is C57H61N3O3. The molecule has 63 heavy (non-hydrogen) atoms. The summed E-state index contributed by atoms with van der Waals surface area (Å²) in [5, 5.41) is 1.97. The number of hydrogen-bond acceptors (Lipinski definition) is 3. The summed E-state index contributed by atoms with van der Waals surface area (Å²) in [6.07, 6.45) is 19.8. The van der Waals surface area contributed by atoms with Gasteiger partial charge in [0.25, 0.3) is 0 Å². The largest absolute Gasteiger partial charge is 0.281 e. The van der Waals surface area contributed by atoms with Crippen LogP contribution in [-0.2, 0) is 9.59 Å². The minimum atomic E-state index is -0.332. The van der Waals surface area contributed by atoms with Crippen LogP contribution in [0.25, 0.3) is 21.8 Å². The van der Waals surface area contributed by atoms with Crippen molar-refractivity contribution in [2.75, 3.05) is 9.80 Å². The molecule has 4 aromatic carbocycles. The van der Waals surface area contributed by atoms with Gasteiger partial charge in [-0.05, 0) is 229 Å². The Labute approximate surface area is 371 Å². The van der Waals surface area contributed by atoms with Crippen LogP contribution in [0.4, 0.5) is 22.7 Å². The van der Waals surface area contributed by atoms with E-state index in [1.54, 1.807) is 0 Å². The van der Waals surface area contributed by atoms with Crippen molar-refractivity contribution in [2.45, 2.75) is 109 Å². The van der Waals surface area contributed by atoms with Crippen molar-refractivity contribution in [3.63, 3.8) is 0 Å². The van der Waals surface area contributed by atoms with Crippen molar-refractivity contribution in [1.29, 1.82) is 0 Å². The number of carbonyl (C=O) groups excluding carboxylic acids is 3. The van der Waals surface area contributed by atoms with Crippen molar-refractivity contribution in [2.24, 2.45) is 75.9 Å². The summed E-state index contributed by atoms with van der Waals surface area (Å²) in [6, 6.07) is 33.6. The van der Waals surface area contributed by atoms with Gasteiger partial charge in [-0.2, -0.15) is 0 Å². The molecule has 0 unspecified atom stereocenters. The molecule has 1 heterocycles. The zero-order chi connectivity index (χ0) is 41.8. The third-order valence-corrected chi connectivity index (χ3v) is 19.4. The molecule has 1 aromatic heterocycles. The van der Waals surface area contributed by atoms with Gasteiger partial charge >= 0.3 is 0 Å². The summed E-state index contributed by atoms with van der Waals surface area (Å²) in [7, 11) is 0. The first kappa shape index (κ1) is 37.6. The van der Waals surface area contributed by atoms with Gasteiger partial charge in [0.1, 0.15) is 0 Å². The molecule has 12 aliphatic carbocycles. The maximum atomic E-state index is 15.6. The number of fused-ring (bicyclic) bond motifs is 3. The molecule has 17 rings (SSSR count). The molecule has 6 nitrogen and oxygen atoms in total. The van der Waals surface area contributed by atoms with E-state index in [0.29, 0.717) is 47.3 Å². The fraction of sp³-hybridized carbons (Fsp3) is 0.526. The Morgan fingerprint density at radius 3 is 1.29 bits per heavy atom. The maximum absolute atomic E-state index is 15.6. The summed E-state index contributed by atoms with van der Waals surface area (Å²) in [5.74, 6) is 7.19. The fourth-order valence-electron chi connectivity index (χ4n) is 18.1. The first-order valence-electron chi connectivity index (χ1n) is 25.2. The van der Waals surface area contributed by atoms with E-state index in [0.717, 1.165) is 94.9 Å². The normalized spacial score (nSPS) is 37.6. The molecule has 0 saturated heterocycles. The van der Waals surface area contributed by atoms with Gasteiger partial charge in [0.2, 0.25) is 17.7 Å². The lowest BCUT2D eigenvalue weighted by atomic mass is 9.49. The maximum Gasteiger partial charge on any atom is 0.237 e. The molecule has 6 heteroatoms. The molecule has 2 amide bonds. The molecule has 0 N–H and O–H groups in total. The van der Waals surface area contributed by atoms with Crippen LogP contribution < -0.4 is 9.80 Å². The monoisotopic (exact) mass is 835 g/mol. The molecule has 12 saturated carbocycles. The first-order valence-corrected chi connectivity index (χ1v) is 25.2. The van der Waals surface area contributed by atoms with Crippen molar-refractivity contribution in [3.05, 3.63) is 97.1 Å². The molecule has 12 aliphatic rings. The second kappa shape index (κ2) is 13.7. The fourth-order valence-corrected chi connectivity index (χ4v) is 18.1. The molecule has 0 spiro atoms. The quantitative estimate of drug-likeness (QED) is 0.164. The molecule has 0 radical (unpaired) electrons. The Kier molecular flexibility index (Phi) is 8.16. The third-order valence-electron chi connectivity index (χ3n) is 19.4. The smallest absolute Gasteiger partial charge is 0.237 e. The molecule has 0 aliphatic heterocycles. The predicted octanol–water partition coefficient (Wildman–Crippen LogP) is 13.3. The summed E-state index contributed by atoms with van der Waals surface area (Å²) < 4.78 is 2.09. The summed E-state index contributed by atoms with van der Waals surface area (Å²) >= 11 is 0. The number of anilines is 4. The molecule has 12 bridgehead atoms. The van der Waals surface area contributed by atoms with E-state index in [9.17, 15) is 0 Å². The number of nitrogens with zero attached hydrogens (tertiary/aromatic N) is 3. The number of benzene rings is 4. The standard InChI is InChI=1S/C57H61N3O3/c61-53(52-42-22-34-15-35(24-42)25-43(52)23-34)58(44-7-3-1-4-8-44)46-11-13-50-48(26-46)49-27-47(12-14-51(49)60(50)55(63)57-31-39-19-40(32-57)21-41(20-39)33-57)59(45-9-5-2-6-10-45)54(62)56-28-36-16-37(29-56)18-38(17-36)30-56/h1-14,26-27,34-43,52H,15-25,28-33H2. The highest BCUT2D eigenvalue weighted by Gasteiger charge is 2.58. The van der Waals surface area contributed by atoms with Crippen LogP contribution in [0, 0.1) is 75.9 Å². The van der Waals surface area contributed by atoms with Crippen molar-refractivity contribution in [3.8, 4) is 0 Å². The van der Waals surface area contributed by atoms with Gasteiger partial charge in [0.15, 0.2) is 0 Å². The van der Waals surface area contributed by atoms with Gasteiger partial charge in [-0.3, -0.25) is 28.8 Å². The van der Waals surface area contributed by atoms with E-state index >= 15 is 14.4 Å². The molecule has 5 aromatic rings. The lowest BCUT2D eigenvalue weighted by Gasteiger charge is -2.56. The van der Waals surface area contributed by atoms with E-state index in [4.69, 9.17) is 0 Å². The van der Waals surface area contributed by atoms with E-state index < -0.39 is 0 Å². The zero-order valence-corrected chi connectivity index (χ0v) is 36.7. The summed E-state index contributed by atoms with van der Waals surface area (Å²) in [6.45, 7) is 0. The van der Waals surface area contributed by atoms with Gasteiger partial charge < -0.3 is 0 Å². The number of para-hydroxylation sites is 2. The van der Waals surface area contributed by atoms with Crippen LogP contribution >= 0.6 is 0 Å². The Morgan fingerprint density at radius 1 is 0.429 bits per heavy atom. The SMILES string of the molecule is O=C(C1C2CC3CC(C2)CC1C3)N(c1ccccc1)c1ccc2c(c1)c1cc(N(C(=O)C34CC5CC(CC(C5)C3)C4)c3ccccc3)ccc1n2C(=O)C12CC3CC(CC(C3)C1)C2. The minimum Gasteiger partial charge on any atom is -0.281 e. The van der Waals surface area contributed by atoms with Crippen LogP contribution in [0.15, 0.2) is 97.1 Å². The lowest BCUT2D eigenvalue weighted by molar-refractivity contribution is -0.142. The van der Waals surface area contributed by atoms with Crippen LogP contribution in [0.5, 0.6) is 0 Å². The zero-order valence-electron chi connectivity index (χ0n) is 36.7. The van der Waals surface area contributed by atoms with Crippen molar-refractivity contribution >= 4 is 62.3 Å². The van der Waals surface area contributed by atoms with Gasteiger partial charge in [-0.1, -0.05) is 36.4 Å². The van der Waals surface area contributed by atoms with E-state index in [1.807, 2.05) is 34.1 Å². The van der Waals surface area contributed by atoms with Gasteiger partial charge in [0.05, 0.1) is 21.9 Å². The van der Waals surface area contributed by atoms with Crippen LogP contribution in [-0.4, -0.2) is 22.3 Å². The highest BCUT2D eigenvalue weighted by atomic mass is 16.2. The van der Waals surface area contributed by atoms with Crippen molar-refractivity contribution in [1.82, 2.24) is 4.57 Å². The number of amides is 2. The number of rotatable bonds is 7. The number of hydrogen-bond donors (Lipinski definition) is 0. The van der Waals surface area contributed by atoms with E-state index in [2.05, 4.69) is 77.4 Å². The second-order valence-electron chi connectivity index (χ2n) is 23.4. The number of aromatic nitrogens is 1. The topological polar surface area (TPSA) is 62.6 Å². The lowest BCUT2D eigenvalue weighted by Crippen LogP contribution is -2.53. The van der Waals surface area contributed by atoms with Gasteiger partial charge in [-0.15, -0.1) is 0 Å². The Balaban J connectivity index is 0.941. The molecule has 322 valence electrons. The van der Waals surface area contributed by atoms with Crippen LogP contribution in [0.3, 0.4) is 0 Å². The molecular weight excluding hydrogens is 775 g/mol. The Morgan fingerprint density at radius 2 is 0.825 bits per heavy atom. The number of carbonyl (C=O) groups is 3. The van der Waals surface area contributed by atoms with Gasteiger partial charge in [-0.25, -0.2) is 0 Å². The Hall–Kier alpha value is -4.71. The van der Waals surface area contributed by atoms with Crippen molar-refractivity contribution < 1.29 is 14.4 Å². The van der Waals surface area contributed by atoms with E-state index in [-0.39, 0.29) is 34.5 Å². The summed E-state index contributed by atoms with van der Waals surface area (Å²) in [5.41, 5.74) is 4.71. The average Bonchev–Trinajstić information content (AvgIpc) is 3.59. The summed E-state index contributed by atoms with van der Waals surface area (Å²) in [4.78, 5) is 50.6. The van der Waals surface area contributed by atoms with E-state index in [1.165, 1.54) is 70.6 Å². The van der Waals surface area contributed by atoms with Crippen LogP contribution in [0.1, 0.15) is 114 Å². The third kappa shape index (κ3) is 5.70. The van der Waals surface area contributed by atoms with Crippen LogP contribution in [0.2, 0.25) is 0 Å². The average molecular weight is 836 g/mol.